The van der Waals surface area contributed by atoms with Crippen molar-refractivity contribution in [2.24, 2.45) is 0 Å². The van der Waals surface area contributed by atoms with Crippen molar-refractivity contribution in [1.82, 2.24) is 4.98 Å². The first kappa shape index (κ1) is 14.3. The second-order valence-electron chi connectivity index (χ2n) is 3.87. The number of methoxy groups -OCH3 is 1. The van der Waals surface area contributed by atoms with Crippen LogP contribution in [0.15, 0.2) is 36.4 Å². The van der Waals surface area contributed by atoms with E-state index in [9.17, 15) is 0 Å². The van der Waals surface area contributed by atoms with E-state index in [2.05, 4.69) is 4.98 Å². The normalized spacial score (nSPS) is 10.3. The molecular weight excluding hydrogens is 301 g/mol. The monoisotopic (exact) mass is 311 g/mol. The highest BCUT2D eigenvalue weighted by Gasteiger charge is 2.11. The molecule has 0 aliphatic heterocycles. The van der Waals surface area contributed by atoms with E-state index in [0.717, 1.165) is 5.56 Å². The number of pyridine rings is 1. The van der Waals surface area contributed by atoms with Crippen molar-refractivity contribution in [1.29, 1.82) is 0 Å². The third kappa shape index (κ3) is 3.44. The first-order valence-corrected chi connectivity index (χ1v) is 6.75. The summed E-state index contributed by atoms with van der Waals surface area (Å²) >= 11 is 17.7. The van der Waals surface area contributed by atoms with Crippen LogP contribution in [0.25, 0.3) is 0 Å². The zero-order valence-electron chi connectivity index (χ0n) is 10.2. The van der Waals surface area contributed by atoms with E-state index >= 15 is 0 Å². The molecule has 0 saturated carbocycles. The molecule has 98 valence electrons. The van der Waals surface area contributed by atoms with Gasteiger partial charge in [0.05, 0.1) is 12.8 Å². The first-order valence-electron chi connectivity index (χ1n) is 5.59. The molecule has 0 spiro atoms. The van der Waals surface area contributed by atoms with Gasteiger partial charge < -0.3 is 4.74 Å². The number of hydrogen-bond donors (Lipinski definition) is 0. The minimum Gasteiger partial charge on any atom is -0.481 e. The number of hydrogen-bond acceptors (Lipinski definition) is 3. The van der Waals surface area contributed by atoms with Gasteiger partial charge in [-0.1, -0.05) is 47.6 Å². The Bertz CT molecular complexity index is 596. The van der Waals surface area contributed by atoms with E-state index in [1.54, 1.807) is 31.4 Å². The summed E-state index contributed by atoms with van der Waals surface area (Å²) in [6, 6.07) is 10.9. The van der Waals surface area contributed by atoms with Crippen LogP contribution in [0.5, 0.6) is 5.88 Å². The number of ether oxygens (including phenoxy) is 1. The van der Waals surface area contributed by atoms with E-state index < -0.39 is 0 Å². The largest absolute Gasteiger partial charge is 0.481 e. The Morgan fingerprint density at radius 3 is 2.42 bits per heavy atom. The first-order chi connectivity index (χ1) is 9.11. The average molecular weight is 312 g/mol. The van der Waals surface area contributed by atoms with Crippen molar-refractivity contribution < 1.29 is 4.74 Å². The molecule has 1 aromatic carbocycles. The zero-order valence-corrected chi connectivity index (χ0v) is 12.5. The van der Waals surface area contributed by atoms with Crippen molar-refractivity contribution in [3.05, 3.63) is 57.7 Å². The van der Waals surface area contributed by atoms with Crippen LogP contribution < -0.4 is 4.74 Å². The molecule has 0 radical (unpaired) electrons. The van der Waals surface area contributed by atoms with Gasteiger partial charge in [0.1, 0.15) is 0 Å². The summed E-state index contributed by atoms with van der Waals surface area (Å²) in [4.78, 5) is 4.97. The maximum Gasteiger partial charge on any atom is 0.213 e. The van der Waals surface area contributed by atoms with E-state index in [4.69, 9.17) is 40.2 Å². The number of halogens is 2. The third-order valence-corrected chi connectivity index (χ3v) is 3.68. The van der Waals surface area contributed by atoms with Crippen molar-refractivity contribution in [3.63, 3.8) is 0 Å². The Morgan fingerprint density at radius 1 is 1.16 bits per heavy atom. The molecule has 0 N–H and O–H groups in total. The molecule has 1 heterocycles. The average Bonchev–Trinajstić information content (AvgIpc) is 2.43. The molecule has 0 aliphatic rings. The van der Waals surface area contributed by atoms with Gasteiger partial charge >= 0.3 is 0 Å². The van der Waals surface area contributed by atoms with Gasteiger partial charge in [0.2, 0.25) is 5.88 Å². The Balaban J connectivity index is 2.25. The third-order valence-electron chi connectivity index (χ3n) is 2.62. The van der Waals surface area contributed by atoms with Crippen LogP contribution in [0.2, 0.25) is 10.0 Å². The highest BCUT2D eigenvalue weighted by molar-refractivity contribution is 7.80. The van der Waals surface area contributed by atoms with Gasteiger partial charge in [0, 0.05) is 27.4 Å². The molecule has 0 amide bonds. The van der Waals surface area contributed by atoms with Gasteiger partial charge in [-0.15, -0.1) is 0 Å². The lowest BCUT2D eigenvalue weighted by Crippen LogP contribution is -2.06. The highest BCUT2D eigenvalue weighted by Crippen LogP contribution is 2.26. The van der Waals surface area contributed by atoms with Crippen molar-refractivity contribution in [3.8, 4) is 5.88 Å². The fourth-order valence-corrected chi connectivity index (χ4v) is 2.43. The minimum atomic E-state index is 0.480. The second kappa shape index (κ2) is 6.33. The summed E-state index contributed by atoms with van der Waals surface area (Å²) in [6.07, 6.45) is 0.480. The number of rotatable bonds is 4. The van der Waals surface area contributed by atoms with Crippen LogP contribution in [0, 0.1) is 0 Å². The number of benzene rings is 1. The van der Waals surface area contributed by atoms with Crippen LogP contribution in [0.3, 0.4) is 0 Å². The van der Waals surface area contributed by atoms with Crippen molar-refractivity contribution >= 4 is 40.3 Å². The van der Waals surface area contributed by atoms with Gasteiger partial charge in [0.15, 0.2) is 0 Å². The van der Waals surface area contributed by atoms with E-state index in [0.29, 0.717) is 32.9 Å². The Labute approximate surface area is 127 Å². The summed E-state index contributed by atoms with van der Waals surface area (Å²) < 4.78 is 5.08. The lowest BCUT2D eigenvalue weighted by molar-refractivity contribution is 0.397. The molecule has 2 rings (SSSR count). The summed E-state index contributed by atoms with van der Waals surface area (Å²) in [7, 11) is 1.57. The van der Waals surface area contributed by atoms with Crippen LogP contribution in [-0.2, 0) is 6.42 Å². The van der Waals surface area contributed by atoms with Gasteiger partial charge in [-0.2, -0.15) is 0 Å². The van der Waals surface area contributed by atoms with Crippen molar-refractivity contribution in [2.75, 3.05) is 7.11 Å². The standard InChI is InChI=1S/C14H11Cl2NOS/c1-18-14-7-3-6-12(17-14)13(19)8-9-10(15)4-2-5-11(9)16/h2-7H,8H2,1H3. The number of nitrogens with zero attached hydrogens (tertiary/aromatic N) is 1. The molecule has 0 atom stereocenters. The van der Waals surface area contributed by atoms with E-state index in [1.807, 2.05) is 12.1 Å². The predicted molar refractivity (Wildman–Crippen MR) is 82.7 cm³/mol. The van der Waals surface area contributed by atoms with Crippen LogP contribution in [0.4, 0.5) is 0 Å². The Kier molecular flexibility index (Phi) is 4.75. The van der Waals surface area contributed by atoms with Crippen LogP contribution in [-0.4, -0.2) is 17.0 Å². The van der Waals surface area contributed by atoms with Gasteiger partial charge in [-0.25, -0.2) is 4.98 Å². The molecule has 0 unspecified atom stereocenters. The lowest BCUT2D eigenvalue weighted by atomic mass is 10.1. The van der Waals surface area contributed by atoms with Gasteiger partial charge in [0.25, 0.3) is 0 Å². The summed E-state index contributed by atoms with van der Waals surface area (Å²) in [5.74, 6) is 0.533. The molecule has 1 aromatic heterocycles. The lowest BCUT2D eigenvalue weighted by Gasteiger charge is -2.08. The molecule has 0 bridgehead atoms. The minimum absolute atomic E-state index is 0.480. The maximum atomic E-state index is 6.13. The highest BCUT2D eigenvalue weighted by atomic mass is 35.5. The van der Waals surface area contributed by atoms with Gasteiger partial charge in [-0.3, -0.25) is 0 Å². The van der Waals surface area contributed by atoms with E-state index in [-0.39, 0.29) is 0 Å². The topological polar surface area (TPSA) is 22.1 Å². The second-order valence-corrected chi connectivity index (χ2v) is 5.17. The SMILES string of the molecule is COc1cccc(C(=S)Cc2c(Cl)cccc2Cl)n1. The molecule has 0 saturated heterocycles. The van der Waals surface area contributed by atoms with Gasteiger partial charge in [-0.05, 0) is 23.8 Å². The molecule has 19 heavy (non-hydrogen) atoms. The molecule has 0 fully saturated rings. The molecule has 0 aliphatic carbocycles. The fourth-order valence-electron chi connectivity index (χ4n) is 1.64. The maximum absolute atomic E-state index is 6.13. The quantitative estimate of drug-likeness (QED) is 0.619. The molecule has 2 aromatic rings. The Morgan fingerprint density at radius 2 is 1.79 bits per heavy atom. The van der Waals surface area contributed by atoms with Crippen LogP contribution in [0.1, 0.15) is 11.3 Å². The predicted octanol–water partition coefficient (Wildman–Crippen LogP) is 4.36. The summed E-state index contributed by atoms with van der Waals surface area (Å²) in [5.41, 5.74) is 1.52. The number of thiocarbonyl (C=S) groups is 1. The number of aromatic nitrogens is 1. The molecule has 5 heteroatoms. The fraction of sp³-hybridized carbons (Fsp3) is 0.143. The summed E-state index contributed by atoms with van der Waals surface area (Å²) in [6.45, 7) is 0. The van der Waals surface area contributed by atoms with E-state index in [1.165, 1.54) is 0 Å². The molecular formula is C14H11Cl2NOS. The molecule has 2 nitrogen and oxygen atoms in total. The Hall–Kier alpha value is -1.16. The van der Waals surface area contributed by atoms with Crippen molar-refractivity contribution in [2.45, 2.75) is 6.42 Å². The summed E-state index contributed by atoms with van der Waals surface area (Å²) in [5, 5.41) is 1.22. The zero-order chi connectivity index (χ0) is 13.8. The van der Waals surface area contributed by atoms with Crippen LogP contribution >= 0.6 is 35.4 Å². The smallest absolute Gasteiger partial charge is 0.213 e.